The second kappa shape index (κ2) is 13.5. The maximum atomic E-state index is 9.29. The van der Waals surface area contributed by atoms with Crippen LogP contribution in [0.1, 0.15) is 16.7 Å². The molecular weight excluding hydrogens is 611 g/mol. The van der Waals surface area contributed by atoms with Gasteiger partial charge < -0.3 is 0 Å². The van der Waals surface area contributed by atoms with Crippen molar-refractivity contribution in [2.45, 2.75) is 0 Å². The van der Waals surface area contributed by atoms with Gasteiger partial charge in [-0.05, 0) is 90.5 Å². The molecule has 0 aliphatic heterocycles. The molecule has 0 atom stereocenters. The first-order valence-corrected chi connectivity index (χ1v) is 18.0. The van der Waals surface area contributed by atoms with E-state index < -0.39 is 8.07 Å². The molecule has 0 saturated heterocycles. The molecule has 0 aliphatic carbocycles. The Kier molecular flexibility index (Phi) is 8.52. The molecule has 7 rings (SSSR count). The molecule has 0 fully saturated rings. The van der Waals surface area contributed by atoms with Crippen LogP contribution in [0.3, 0.4) is 0 Å². The lowest BCUT2D eigenvalue weighted by Gasteiger charge is -2.35. The highest BCUT2D eigenvalue weighted by Gasteiger charge is 2.41. The number of rotatable bonds is 7. The molecule has 0 heterocycles. The molecule has 0 unspecified atom stereocenters. The highest BCUT2D eigenvalue weighted by molar-refractivity contribution is 7.19. The summed E-state index contributed by atoms with van der Waals surface area (Å²) in [7, 11) is -2.84. The zero-order valence-corrected chi connectivity index (χ0v) is 27.6. The fraction of sp³-hybridized carbons (Fsp3) is 0. The third-order valence-electron chi connectivity index (χ3n) is 9.20. The molecule has 0 radical (unpaired) electrons. The topological polar surface area (TPSA) is 71.4 Å². The van der Waals surface area contributed by atoms with Crippen LogP contribution in [-0.2, 0) is 0 Å². The van der Waals surface area contributed by atoms with Crippen LogP contribution < -0.4 is 20.7 Å². The van der Waals surface area contributed by atoms with E-state index in [1.807, 2.05) is 72.8 Å². The van der Waals surface area contributed by atoms with Gasteiger partial charge in [-0.25, -0.2) is 0 Å². The first-order chi connectivity index (χ1) is 24.1. The van der Waals surface area contributed by atoms with E-state index in [1.165, 1.54) is 20.7 Å². The zero-order chi connectivity index (χ0) is 33.6. The maximum Gasteiger partial charge on any atom is 0.179 e. The molecule has 4 heteroatoms. The summed E-state index contributed by atoms with van der Waals surface area (Å²) >= 11 is 0. The zero-order valence-electron chi connectivity index (χ0n) is 26.6. The predicted molar refractivity (Wildman–Crippen MR) is 201 cm³/mol. The molecular formula is C45H29N3Si. The Morgan fingerprint density at radius 2 is 0.490 bits per heavy atom. The Morgan fingerprint density at radius 1 is 0.265 bits per heavy atom. The number of nitrogens with zero attached hydrogens (tertiary/aromatic N) is 3. The van der Waals surface area contributed by atoms with Crippen LogP contribution in [0.5, 0.6) is 0 Å². The summed E-state index contributed by atoms with van der Waals surface area (Å²) in [6.45, 7) is 0. The monoisotopic (exact) mass is 639 g/mol. The SMILES string of the molecule is N#Cc1ccc(-c2ccc([Si](c3ccccc3)(c3ccc(-c4ccc(C#N)cc4)cc3)c3ccc(-c4ccc(C#N)cc4)cc3)cc2)cc1. The minimum Gasteiger partial charge on any atom is -0.192 e. The number of benzene rings is 7. The second-order valence-corrected chi connectivity index (χ2v) is 15.7. The van der Waals surface area contributed by atoms with Gasteiger partial charge in [0, 0.05) is 0 Å². The third kappa shape index (κ3) is 5.95. The van der Waals surface area contributed by atoms with Gasteiger partial charge in [-0.3, -0.25) is 0 Å². The number of hydrogen-bond donors (Lipinski definition) is 0. The van der Waals surface area contributed by atoms with Crippen molar-refractivity contribution in [3.05, 3.63) is 193 Å². The lowest BCUT2D eigenvalue weighted by molar-refractivity contribution is 1.48. The number of hydrogen-bond acceptors (Lipinski definition) is 3. The molecule has 0 aromatic heterocycles. The van der Waals surface area contributed by atoms with Gasteiger partial charge in [0.25, 0.3) is 0 Å². The van der Waals surface area contributed by atoms with Crippen molar-refractivity contribution in [3.63, 3.8) is 0 Å². The summed E-state index contributed by atoms with van der Waals surface area (Å²) in [6.07, 6.45) is 0. The molecule has 0 saturated carbocycles. The van der Waals surface area contributed by atoms with Gasteiger partial charge in [0.1, 0.15) is 0 Å². The van der Waals surface area contributed by atoms with Crippen molar-refractivity contribution in [1.29, 1.82) is 15.8 Å². The van der Waals surface area contributed by atoms with Crippen LogP contribution in [0.2, 0.25) is 0 Å². The van der Waals surface area contributed by atoms with Gasteiger partial charge in [-0.15, -0.1) is 0 Å². The summed E-state index contributed by atoms with van der Waals surface area (Å²) in [5.41, 5.74) is 8.41. The van der Waals surface area contributed by atoms with Gasteiger partial charge in [0.15, 0.2) is 8.07 Å². The minimum atomic E-state index is -2.84. The third-order valence-corrected chi connectivity index (χ3v) is 14.0. The van der Waals surface area contributed by atoms with E-state index in [9.17, 15) is 15.8 Å². The lowest BCUT2D eigenvalue weighted by Crippen LogP contribution is -2.74. The molecule has 0 N–H and O–H groups in total. The van der Waals surface area contributed by atoms with Crippen molar-refractivity contribution < 1.29 is 0 Å². The Morgan fingerprint density at radius 3 is 0.735 bits per heavy atom. The van der Waals surface area contributed by atoms with E-state index in [-0.39, 0.29) is 0 Å². The van der Waals surface area contributed by atoms with E-state index in [4.69, 9.17) is 0 Å². The standard InChI is InChI=1S/C45H29N3Si/c46-30-33-6-12-36(13-7-33)39-18-24-43(25-19-39)49(42-4-2-1-3-5-42,44-26-20-40(21-27-44)37-14-8-34(31-47)9-15-37)45-28-22-41(23-29-45)38-16-10-35(32-48)11-17-38/h1-29H. The van der Waals surface area contributed by atoms with Crippen LogP contribution in [0.15, 0.2) is 176 Å². The van der Waals surface area contributed by atoms with E-state index >= 15 is 0 Å². The van der Waals surface area contributed by atoms with Crippen molar-refractivity contribution >= 4 is 28.8 Å². The van der Waals surface area contributed by atoms with Crippen LogP contribution in [0.4, 0.5) is 0 Å². The summed E-state index contributed by atoms with van der Waals surface area (Å²) in [4.78, 5) is 0. The van der Waals surface area contributed by atoms with Crippen LogP contribution in [0.25, 0.3) is 33.4 Å². The fourth-order valence-corrected chi connectivity index (χ4v) is 11.3. The highest BCUT2D eigenvalue weighted by atomic mass is 28.3. The van der Waals surface area contributed by atoms with Crippen LogP contribution in [-0.4, -0.2) is 8.07 Å². The maximum absolute atomic E-state index is 9.29. The normalized spacial score (nSPS) is 10.8. The van der Waals surface area contributed by atoms with Gasteiger partial charge in [-0.2, -0.15) is 15.8 Å². The summed E-state index contributed by atoms with van der Waals surface area (Å²) < 4.78 is 0. The average molecular weight is 640 g/mol. The molecule has 0 amide bonds. The van der Waals surface area contributed by atoms with Crippen molar-refractivity contribution in [2.24, 2.45) is 0 Å². The molecule has 0 bridgehead atoms. The minimum absolute atomic E-state index is 0.643. The Labute approximate surface area is 287 Å². The van der Waals surface area contributed by atoms with Crippen molar-refractivity contribution in [1.82, 2.24) is 0 Å². The first kappa shape index (κ1) is 30.9. The highest BCUT2D eigenvalue weighted by Crippen LogP contribution is 2.24. The van der Waals surface area contributed by atoms with E-state index in [0.29, 0.717) is 16.7 Å². The Balaban J connectivity index is 1.40. The molecule has 49 heavy (non-hydrogen) atoms. The lowest BCUT2D eigenvalue weighted by atomic mass is 10.0. The second-order valence-electron chi connectivity index (χ2n) is 11.9. The Bertz CT molecular complexity index is 2100. The quantitative estimate of drug-likeness (QED) is 0.133. The van der Waals surface area contributed by atoms with Crippen LogP contribution in [0, 0.1) is 34.0 Å². The average Bonchev–Trinajstić information content (AvgIpc) is 3.19. The summed E-state index contributed by atoms with van der Waals surface area (Å²) in [5.74, 6) is 0. The summed E-state index contributed by atoms with van der Waals surface area (Å²) in [6, 6.07) is 67.4. The fourth-order valence-electron chi connectivity index (χ4n) is 6.64. The van der Waals surface area contributed by atoms with E-state index in [2.05, 4.69) is 121 Å². The number of nitriles is 3. The first-order valence-electron chi connectivity index (χ1n) is 16.0. The summed E-state index contributed by atoms with van der Waals surface area (Å²) in [5, 5.41) is 32.9. The van der Waals surface area contributed by atoms with Gasteiger partial charge >= 0.3 is 0 Å². The molecule has 0 spiro atoms. The largest absolute Gasteiger partial charge is 0.192 e. The van der Waals surface area contributed by atoms with E-state index in [0.717, 1.165) is 33.4 Å². The van der Waals surface area contributed by atoms with Gasteiger partial charge in [0.05, 0.1) is 34.9 Å². The molecule has 7 aromatic rings. The molecule has 228 valence electrons. The molecule has 7 aromatic carbocycles. The molecule has 0 aliphatic rings. The van der Waals surface area contributed by atoms with Crippen molar-refractivity contribution in [2.75, 3.05) is 0 Å². The van der Waals surface area contributed by atoms with E-state index in [1.54, 1.807) is 0 Å². The smallest absolute Gasteiger partial charge is 0.179 e. The Hall–Kier alpha value is -6.77. The van der Waals surface area contributed by atoms with Gasteiger partial charge in [-0.1, -0.05) is 140 Å². The van der Waals surface area contributed by atoms with Crippen LogP contribution >= 0.6 is 0 Å². The molecule has 3 nitrogen and oxygen atoms in total. The van der Waals surface area contributed by atoms with Crippen molar-refractivity contribution in [3.8, 4) is 51.6 Å². The predicted octanol–water partition coefficient (Wildman–Crippen LogP) is 7.68. The van der Waals surface area contributed by atoms with Gasteiger partial charge in [0.2, 0.25) is 0 Å².